The van der Waals surface area contributed by atoms with E-state index in [9.17, 15) is 5.11 Å². The van der Waals surface area contributed by atoms with E-state index in [1.54, 1.807) is 12.1 Å². The average Bonchev–Trinajstić information content (AvgIpc) is 2.12. The molecule has 0 aliphatic carbocycles. The molecule has 0 saturated carbocycles. The maximum atomic E-state index is 9.54. The Morgan fingerprint density at radius 2 is 2.14 bits per heavy atom. The van der Waals surface area contributed by atoms with E-state index in [1.165, 1.54) is 0 Å². The summed E-state index contributed by atoms with van der Waals surface area (Å²) in [4.78, 5) is 1.95. The van der Waals surface area contributed by atoms with Crippen LogP contribution in [0, 0.1) is 0 Å². The molecule has 1 aromatic rings. The van der Waals surface area contributed by atoms with Gasteiger partial charge < -0.3 is 10.2 Å². The van der Waals surface area contributed by atoms with E-state index in [-0.39, 0.29) is 12.4 Å². The lowest BCUT2D eigenvalue weighted by Gasteiger charge is -2.15. The highest BCUT2D eigenvalue weighted by Gasteiger charge is 2.04. The van der Waals surface area contributed by atoms with E-state index in [1.807, 2.05) is 18.0 Å². The highest BCUT2D eigenvalue weighted by molar-refractivity contribution is 9.10. The quantitative estimate of drug-likeness (QED) is 0.863. The number of benzene rings is 1. The molecule has 78 valence electrons. The Hall–Kier alpha value is -0.580. The highest BCUT2D eigenvalue weighted by atomic mass is 79.9. The molecule has 0 amide bonds. The lowest BCUT2D eigenvalue weighted by Crippen LogP contribution is -2.21. The van der Waals surface area contributed by atoms with E-state index in [4.69, 9.17) is 5.11 Å². The monoisotopic (exact) mass is 259 g/mol. The van der Waals surface area contributed by atoms with Gasteiger partial charge in [0, 0.05) is 23.1 Å². The Morgan fingerprint density at radius 3 is 2.79 bits per heavy atom. The molecule has 1 rings (SSSR count). The molecule has 3 nitrogen and oxygen atoms in total. The van der Waals surface area contributed by atoms with E-state index in [2.05, 4.69) is 15.9 Å². The first kappa shape index (κ1) is 11.5. The van der Waals surface area contributed by atoms with Crippen LogP contribution in [0.25, 0.3) is 0 Å². The molecule has 0 bridgehead atoms. The minimum atomic E-state index is 0.130. The predicted molar refractivity (Wildman–Crippen MR) is 59.2 cm³/mol. The van der Waals surface area contributed by atoms with Gasteiger partial charge in [-0.05, 0) is 25.2 Å². The van der Waals surface area contributed by atoms with Crippen molar-refractivity contribution in [3.63, 3.8) is 0 Å². The minimum absolute atomic E-state index is 0.130. The lowest BCUT2D eigenvalue weighted by molar-refractivity contribution is 0.216. The molecular weight excluding hydrogens is 246 g/mol. The summed E-state index contributed by atoms with van der Waals surface area (Å²) in [5.74, 6) is 0.290. The third-order valence-corrected chi connectivity index (χ3v) is 2.46. The molecule has 0 aliphatic rings. The van der Waals surface area contributed by atoms with Gasteiger partial charge in [0.1, 0.15) is 5.75 Å². The van der Waals surface area contributed by atoms with Crippen LogP contribution in [0.5, 0.6) is 5.75 Å². The summed E-state index contributed by atoms with van der Waals surface area (Å²) in [5, 5.41) is 18.3. The Morgan fingerprint density at radius 1 is 1.43 bits per heavy atom. The molecule has 0 aliphatic heterocycles. The molecule has 4 heteroatoms. The molecule has 0 saturated heterocycles. The summed E-state index contributed by atoms with van der Waals surface area (Å²) in [6.45, 7) is 1.36. The summed E-state index contributed by atoms with van der Waals surface area (Å²) in [6, 6.07) is 5.33. The zero-order valence-corrected chi connectivity index (χ0v) is 9.66. The number of rotatable bonds is 4. The standard InChI is InChI=1S/C10H14BrNO2/c1-12(4-5-13)7-8-6-9(11)2-3-10(8)14/h2-3,6,13-14H,4-5,7H2,1H3. The van der Waals surface area contributed by atoms with Crippen molar-refractivity contribution in [2.24, 2.45) is 0 Å². The van der Waals surface area contributed by atoms with Crippen LogP contribution in [0.4, 0.5) is 0 Å². The van der Waals surface area contributed by atoms with Crippen LogP contribution in [-0.2, 0) is 6.54 Å². The van der Waals surface area contributed by atoms with Crippen molar-refractivity contribution in [2.75, 3.05) is 20.2 Å². The molecule has 0 fully saturated rings. The van der Waals surface area contributed by atoms with Gasteiger partial charge in [0.05, 0.1) is 6.61 Å². The van der Waals surface area contributed by atoms with E-state index in [0.717, 1.165) is 10.0 Å². The van der Waals surface area contributed by atoms with Crippen LogP contribution in [0.3, 0.4) is 0 Å². The van der Waals surface area contributed by atoms with Gasteiger partial charge in [0.15, 0.2) is 0 Å². The van der Waals surface area contributed by atoms with Crippen molar-refractivity contribution >= 4 is 15.9 Å². The molecule has 0 unspecified atom stereocenters. The number of hydrogen-bond donors (Lipinski definition) is 2. The number of nitrogens with zero attached hydrogens (tertiary/aromatic N) is 1. The summed E-state index contributed by atoms with van der Waals surface area (Å²) in [6.07, 6.45) is 0. The van der Waals surface area contributed by atoms with Crippen molar-refractivity contribution in [3.8, 4) is 5.75 Å². The van der Waals surface area contributed by atoms with Crippen LogP contribution >= 0.6 is 15.9 Å². The predicted octanol–water partition coefficient (Wildman–Crippen LogP) is 1.58. The first-order valence-electron chi connectivity index (χ1n) is 4.40. The Bertz CT molecular complexity index is 304. The summed E-state index contributed by atoms with van der Waals surface area (Å²) in [5.41, 5.74) is 0.857. The molecule has 0 radical (unpaired) electrons. The molecular formula is C10H14BrNO2. The number of likely N-dealkylation sites (N-methyl/N-ethyl adjacent to an activating group) is 1. The van der Waals surface area contributed by atoms with E-state index >= 15 is 0 Å². The smallest absolute Gasteiger partial charge is 0.120 e. The number of halogens is 1. The van der Waals surface area contributed by atoms with Gasteiger partial charge in [-0.25, -0.2) is 0 Å². The maximum absolute atomic E-state index is 9.54. The number of aliphatic hydroxyl groups excluding tert-OH is 1. The average molecular weight is 260 g/mol. The van der Waals surface area contributed by atoms with E-state index in [0.29, 0.717) is 13.1 Å². The third kappa shape index (κ3) is 3.29. The number of aliphatic hydroxyl groups is 1. The van der Waals surface area contributed by atoms with E-state index < -0.39 is 0 Å². The van der Waals surface area contributed by atoms with Gasteiger partial charge in [-0.3, -0.25) is 4.90 Å². The molecule has 0 atom stereocenters. The van der Waals surface area contributed by atoms with Crippen molar-refractivity contribution in [3.05, 3.63) is 28.2 Å². The van der Waals surface area contributed by atoms with Gasteiger partial charge in [0.2, 0.25) is 0 Å². The number of hydrogen-bond acceptors (Lipinski definition) is 3. The van der Waals surface area contributed by atoms with Crippen molar-refractivity contribution in [1.29, 1.82) is 0 Å². The van der Waals surface area contributed by atoms with Crippen LogP contribution < -0.4 is 0 Å². The molecule has 0 aromatic heterocycles. The summed E-state index contributed by atoms with van der Waals surface area (Å²) < 4.78 is 0.947. The zero-order valence-electron chi connectivity index (χ0n) is 8.07. The normalized spacial score (nSPS) is 10.9. The number of phenols is 1. The van der Waals surface area contributed by atoms with Gasteiger partial charge in [-0.1, -0.05) is 15.9 Å². The number of aromatic hydroxyl groups is 1. The first-order valence-corrected chi connectivity index (χ1v) is 5.19. The SMILES string of the molecule is CN(CCO)Cc1cc(Br)ccc1O. The second-order valence-electron chi connectivity index (χ2n) is 3.23. The maximum Gasteiger partial charge on any atom is 0.120 e. The van der Waals surface area contributed by atoms with Crippen LogP contribution in [0.2, 0.25) is 0 Å². The lowest BCUT2D eigenvalue weighted by atomic mass is 10.2. The molecule has 0 heterocycles. The van der Waals surface area contributed by atoms with Crippen LogP contribution in [-0.4, -0.2) is 35.3 Å². The van der Waals surface area contributed by atoms with Gasteiger partial charge in [0.25, 0.3) is 0 Å². The van der Waals surface area contributed by atoms with Crippen molar-refractivity contribution in [2.45, 2.75) is 6.54 Å². The Kier molecular flexibility index (Phi) is 4.38. The Balaban J connectivity index is 2.70. The van der Waals surface area contributed by atoms with Gasteiger partial charge in [-0.15, -0.1) is 0 Å². The fourth-order valence-electron chi connectivity index (χ4n) is 1.22. The number of phenolic OH excluding ortho intramolecular Hbond substituents is 1. The third-order valence-electron chi connectivity index (χ3n) is 1.96. The largest absolute Gasteiger partial charge is 0.508 e. The van der Waals surface area contributed by atoms with Gasteiger partial charge >= 0.3 is 0 Å². The summed E-state index contributed by atoms with van der Waals surface area (Å²) in [7, 11) is 1.90. The van der Waals surface area contributed by atoms with Crippen LogP contribution in [0.15, 0.2) is 22.7 Å². The zero-order chi connectivity index (χ0) is 10.6. The fraction of sp³-hybridized carbons (Fsp3) is 0.400. The molecule has 14 heavy (non-hydrogen) atoms. The summed E-state index contributed by atoms with van der Waals surface area (Å²) >= 11 is 3.35. The molecule has 2 N–H and O–H groups in total. The topological polar surface area (TPSA) is 43.7 Å². The second-order valence-corrected chi connectivity index (χ2v) is 4.15. The second kappa shape index (κ2) is 5.34. The molecule has 0 spiro atoms. The minimum Gasteiger partial charge on any atom is -0.508 e. The van der Waals surface area contributed by atoms with Gasteiger partial charge in [-0.2, -0.15) is 0 Å². The van der Waals surface area contributed by atoms with Crippen molar-refractivity contribution < 1.29 is 10.2 Å². The first-order chi connectivity index (χ1) is 6.63. The highest BCUT2D eigenvalue weighted by Crippen LogP contribution is 2.22. The molecule has 1 aromatic carbocycles. The Labute approximate surface area is 92.1 Å². The van der Waals surface area contributed by atoms with Crippen LogP contribution in [0.1, 0.15) is 5.56 Å². The fourth-order valence-corrected chi connectivity index (χ4v) is 1.63. The van der Waals surface area contributed by atoms with Crippen molar-refractivity contribution in [1.82, 2.24) is 4.90 Å².